The number of carboxylic acids is 1. The Bertz CT molecular complexity index is 375. The van der Waals surface area contributed by atoms with Gasteiger partial charge in [-0.1, -0.05) is 11.6 Å². The number of hydrogen-bond acceptors (Lipinski definition) is 4. The van der Waals surface area contributed by atoms with Gasteiger partial charge in [-0.15, -0.1) is 0 Å². The van der Waals surface area contributed by atoms with Gasteiger partial charge in [-0.25, -0.2) is 0 Å². The van der Waals surface area contributed by atoms with Crippen LogP contribution in [0, 0.1) is 0 Å². The zero-order valence-corrected chi connectivity index (χ0v) is 7.13. The van der Waals surface area contributed by atoms with Gasteiger partial charge in [0.1, 0.15) is 0 Å². The van der Waals surface area contributed by atoms with Crippen molar-refractivity contribution in [1.82, 2.24) is 0 Å². The van der Waals surface area contributed by atoms with Crippen molar-refractivity contribution >= 4 is 17.6 Å². The van der Waals surface area contributed by atoms with E-state index in [9.17, 15) is 9.90 Å². The van der Waals surface area contributed by atoms with Crippen molar-refractivity contribution in [3.8, 4) is 11.5 Å². The van der Waals surface area contributed by atoms with Crippen LogP contribution in [0.5, 0.6) is 11.5 Å². The first-order valence-electron chi connectivity index (χ1n) is 3.49. The van der Waals surface area contributed by atoms with Crippen molar-refractivity contribution in [1.29, 1.82) is 0 Å². The highest BCUT2D eigenvalue weighted by Gasteiger charge is 2.18. The summed E-state index contributed by atoms with van der Waals surface area (Å²) in [6, 6.07) is 2.59. The highest BCUT2D eigenvalue weighted by Crippen LogP contribution is 2.39. The minimum Gasteiger partial charge on any atom is -0.545 e. The molecule has 0 aliphatic carbocycles. The number of carbonyl (C=O) groups excluding carboxylic acids is 1. The molecule has 2 rings (SSSR count). The zero-order valence-electron chi connectivity index (χ0n) is 6.37. The van der Waals surface area contributed by atoms with E-state index in [2.05, 4.69) is 0 Å². The predicted octanol–water partition coefficient (Wildman–Crippen LogP) is 0.432. The minimum atomic E-state index is -1.29. The molecule has 0 unspecified atom stereocenters. The molecule has 0 N–H and O–H groups in total. The zero-order chi connectivity index (χ0) is 9.42. The Kier molecular flexibility index (Phi) is 1.77. The molecule has 68 valence electrons. The molecule has 0 radical (unpaired) electrons. The summed E-state index contributed by atoms with van der Waals surface area (Å²) in [7, 11) is 0. The van der Waals surface area contributed by atoms with Gasteiger partial charge in [0.15, 0.2) is 11.5 Å². The van der Waals surface area contributed by atoms with Crippen LogP contribution < -0.4 is 14.6 Å². The second-order valence-electron chi connectivity index (χ2n) is 2.48. The van der Waals surface area contributed by atoms with Gasteiger partial charge in [-0.05, 0) is 12.1 Å². The number of rotatable bonds is 1. The molecule has 13 heavy (non-hydrogen) atoms. The molecule has 4 nitrogen and oxygen atoms in total. The number of aromatic carboxylic acids is 1. The average molecular weight is 200 g/mol. The highest BCUT2D eigenvalue weighted by molar-refractivity contribution is 6.32. The molecule has 0 spiro atoms. The van der Waals surface area contributed by atoms with Crippen molar-refractivity contribution in [2.45, 2.75) is 0 Å². The first-order chi connectivity index (χ1) is 6.18. The number of halogens is 1. The van der Waals surface area contributed by atoms with E-state index in [1.54, 1.807) is 0 Å². The quantitative estimate of drug-likeness (QED) is 0.658. The molecule has 1 aliphatic rings. The fourth-order valence-electron chi connectivity index (χ4n) is 1.09. The maximum Gasteiger partial charge on any atom is 0.231 e. The third-order valence-electron chi connectivity index (χ3n) is 1.66. The minimum absolute atomic E-state index is 0.0192. The summed E-state index contributed by atoms with van der Waals surface area (Å²) in [5.41, 5.74) is -0.0192. The summed E-state index contributed by atoms with van der Waals surface area (Å²) in [4.78, 5) is 10.5. The Morgan fingerprint density at radius 3 is 2.92 bits per heavy atom. The lowest BCUT2D eigenvalue weighted by Crippen LogP contribution is -2.22. The number of benzene rings is 1. The summed E-state index contributed by atoms with van der Waals surface area (Å²) in [5.74, 6) is -0.571. The molecule has 0 saturated carbocycles. The van der Waals surface area contributed by atoms with Crippen LogP contribution in [-0.4, -0.2) is 12.8 Å². The Balaban J connectivity index is 2.55. The monoisotopic (exact) mass is 199 g/mol. The van der Waals surface area contributed by atoms with Gasteiger partial charge in [-0.3, -0.25) is 0 Å². The number of hydrogen-bond donors (Lipinski definition) is 0. The SMILES string of the molecule is O=C([O-])c1cc(Cl)c2c(c1)OCO2. The normalized spacial score (nSPS) is 13.0. The molecule has 0 fully saturated rings. The highest BCUT2D eigenvalue weighted by atomic mass is 35.5. The van der Waals surface area contributed by atoms with Crippen LogP contribution in [0.25, 0.3) is 0 Å². The van der Waals surface area contributed by atoms with Gasteiger partial charge in [0.05, 0.1) is 11.0 Å². The van der Waals surface area contributed by atoms with Crippen molar-refractivity contribution in [2.24, 2.45) is 0 Å². The fraction of sp³-hybridized carbons (Fsp3) is 0.125. The second kappa shape index (κ2) is 2.81. The molecule has 5 heteroatoms. The van der Waals surface area contributed by atoms with Gasteiger partial charge in [0.25, 0.3) is 0 Å². The van der Waals surface area contributed by atoms with Gasteiger partial charge < -0.3 is 19.4 Å². The van der Waals surface area contributed by atoms with Crippen molar-refractivity contribution in [3.05, 3.63) is 22.7 Å². The van der Waals surface area contributed by atoms with Crippen molar-refractivity contribution < 1.29 is 19.4 Å². The summed E-state index contributed by atoms with van der Waals surface area (Å²) >= 11 is 5.72. The average Bonchev–Trinajstić information content (AvgIpc) is 2.51. The summed E-state index contributed by atoms with van der Waals surface area (Å²) in [6.07, 6.45) is 0. The summed E-state index contributed by atoms with van der Waals surface area (Å²) in [6.45, 7) is 0.0611. The van der Waals surface area contributed by atoms with Gasteiger partial charge >= 0.3 is 0 Å². The molecule has 1 aliphatic heterocycles. The van der Waals surface area contributed by atoms with E-state index >= 15 is 0 Å². The maximum atomic E-state index is 10.5. The third-order valence-corrected chi connectivity index (χ3v) is 1.94. The molecule has 1 heterocycles. The Labute approximate surface area is 78.6 Å². The predicted molar refractivity (Wildman–Crippen MR) is 41.9 cm³/mol. The number of carbonyl (C=O) groups is 1. The van der Waals surface area contributed by atoms with E-state index < -0.39 is 5.97 Å². The molecule has 0 saturated heterocycles. The number of ether oxygens (including phenoxy) is 2. The number of fused-ring (bicyclic) bond motifs is 1. The van der Waals surface area contributed by atoms with E-state index in [0.29, 0.717) is 11.5 Å². The Morgan fingerprint density at radius 2 is 2.23 bits per heavy atom. The van der Waals surface area contributed by atoms with E-state index in [1.807, 2.05) is 0 Å². The van der Waals surface area contributed by atoms with Crippen LogP contribution >= 0.6 is 11.6 Å². The lowest BCUT2D eigenvalue weighted by Gasteiger charge is -2.04. The Morgan fingerprint density at radius 1 is 1.46 bits per heavy atom. The molecular weight excluding hydrogens is 196 g/mol. The lowest BCUT2D eigenvalue weighted by molar-refractivity contribution is -0.255. The van der Waals surface area contributed by atoms with Crippen LogP contribution in [0.1, 0.15) is 10.4 Å². The second-order valence-corrected chi connectivity index (χ2v) is 2.89. The van der Waals surface area contributed by atoms with Gasteiger partial charge in [0, 0.05) is 5.56 Å². The smallest absolute Gasteiger partial charge is 0.231 e. The van der Waals surface area contributed by atoms with E-state index in [4.69, 9.17) is 21.1 Å². The standard InChI is InChI=1S/C8H5ClO4/c9-5-1-4(8(10)11)2-6-7(5)13-3-12-6/h1-2H,3H2,(H,10,11)/p-1. The van der Waals surface area contributed by atoms with Gasteiger partial charge in [-0.2, -0.15) is 0 Å². The van der Waals surface area contributed by atoms with Crippen LogP contribution in [0.2, 0.25) is 5.02 Å². The van der Waals surface area contributed by atoms with Crippen LogP contribution in [0.15, 0.2) is 12.1 Å². The molecular formula is C8H4ClO4-. The summed E-state index contributed by atoms with van der Waals surface area (Å²) < 4.78 is 9.97. The maximum absolute atomic E-state index is 10.5. The Hall–Kier alpha value is -1.42. The first kappa shape index (κ1) is 8.19. The lowest BCUT2D eigenvalue weighted by atomic mass is 10.2. The molecule has 0 aromatic heterocycles. The van der Waals surface area contributed by atoms with Crippen LogP contribution in [0.4, 0.5) is 0 Å². The fourth-order valence-corrected chi connectivity index (χ4v) is 1.35. The molecule has 1 aromatic carbocycles. The summed E-state index contributed by atoms with van der Waals surface area (Å²) in [5, 5.41) is 10.7. The first-order valence-corrected chi connectivity index (χ1v) is 3.87. The van der Waals surface area contributed by atoms with Gasteiger partial charge in [0.2, 0.25) is 6.79 Å². The molecule has 0 bridgehead atoms. The molecule has 0 amide bonds. The molecule has 0 atom stereocenters. The van der Waals surface area contributed by atoms with E-state index in [-0.39, 0.29) is 17.4 Å². The van der Waals surface area contributed by atoms with Crippen LogP contribution in [0.3, 0.4) is 0 Å². The van der Waals surface area contributed by atoms with Crippen molar-refractivity contribution in [3.63, 3.8) is 0 Å². The largest absolute Gasteiger partial charge is 0.545 e. The van der Waals surface area contributed by atoms with E-state index in [1.165, 1.54) is 12.1 Å². The topological polar surface area (TPSA) is 58.6 Å². The number of carboxylic acid groups (broad SMARTS) is 1. The van der Waals surface area contributed by atoms with Crippen LogP contribution in [-0.2, 0) is 0 Å². The van der Waals surface area contributed by atoms with Crippen molar-refractivity contribution in [2.75, 3.05) is 6.79 Å². The molecule has 1 aromatic rings. The third kappa shape index (κ3) is 1.29. The van der Waals surface area contributed by atoms with E-state index in [0.717, 1.165) is 0 Å².